The summed E-state index contributed by atoms with van der Waals surface area (Å²) in [5.74, 6) is 0. The minimum Gasteiger partial charge on any atom is -0.398 e. The van der Waals surface area contributed by atoms with Crippen LogP contribution in [0.4, 0.5) is 5.69 Å². The number of nitrogens with two attached hydrogens (primary N) is 1. The van der Waals surface area contributed by atoms with Gasteiger partial charge >= 0.3 is 0 Å². The van der Waals surface area contributed by atoms with Gasteiger partial charge in [-0.3, -0.25) is 0 Å². The maximum absolute atomic E-state index is 9.75. The number of benzene rings is 3. The zero-order valence-electron chi connectivity index (χ0n) is 10.5. The van der Waals surface area contributed by atoms with Gasteiger partial charge in [0.1, 0.15) is 0 Å². The smallest absolute Gasteiger partial charge is 0.0694 e. The van der Waals surface area contributed by atoms with E-state index in [0.717, 1.165) is 27.5 Å². The monoisotopic (exact) mass is 249 g/mol. The zero-order valence-corrected chi connectivity index (χ0v) is 10.5. The van der Waals surface area contributed by atoms with Crippen LogP contribution in [-0.4, -0.2) is 5.11 Å². The summed E-state index contributed by atoms with van der Waals surface area (Å²) in [6.45, 7) is -0.0181. The molecule has 0 saturated heterocycles. The lowest BCUT2D eigenvalue weighted by molar-refractivity contribution is 0.284. The number of hydrogen-bond acceptors (Lipinski definition) is 2. The lowest BCUT2D eigenvalue weighted by atomic mass is 9.93. The molecule has 0 amide bonds. The van der Waals surface area contributed by atoms with Gasteiger partial charge < -0.3 is 10.8 Å². The van der Waals surface area contributed by atoms with Crippen molar-refractivity contribution in [2.24, 2.45) is 0 Å². The molecule has 2 heteroatoms. The van der Waals surface area contributed by atoms with Gasteiger partial charge in [-0.05, 0) is 28.0 Å². The summed E-state index contributed by atoms with van der Waals surface area (Å²) in [6.07, 6.45) is 0. The molecule has 2 nitrogen and oxygen atoms in total. The normalized spacial score (nSPS) is 10.8. The van der Waals surface area contributed by atoms with Gasteiger partial charge in [0.15, 0.2) is 0 Å². The van der Waals surface area contributed by atoms with Crippen molar-refractivity contribution in [1.82, 2.24) is 0 Å². The molecule has 0 aromatic heterocycles. The van der Waals surface area contributed by atoms with E-state index in [1.54, 1.807) is 0 Å². The average molecular weight is 249 g/mol. The fraction of sp³-hybridized carbons (Fsp3) is 0.0588. The predicted octanol–water partition coefficient (Wildman–Crippen LogP) is 3.58. The van der Waals surface area contributed by atoms with E-state index in [1.165, 1.54) is 0 Å². The molecule has 0 unspecified atom stereocenters. The Kier molecular flexibility index (Phi) is 2.94. The Bertz CT molecular complexity index is 720. The summed E-state index contributed by atoms with van der Waals surface area (Å²) in [6, 6.07) is 19.9. The van der Waals surface area contributed by atoms with Crippen LogP contribution < -0.4 is 5.73 Å². The largest absolute Gasteiger partial charge is 0.398 e. The van der Waals surface area contributed by atoms with E-state index >= 15 is 0 Å². The van der Waals surface area contributed by atoms with Crippen LogP contribution in [0.5, 0.6) is 0 Å². The lowest BCUT2D eigenvalue weighted by Crippen LogP contribution is -1.98. The second-order valence-electron chi connectivity index (χ2n) is 4.56. The highest BCUT2D eigenvalue weighted by Gasteiger charge is 2.12. The Hall–Kier alpha value is -2.32. The number of fused-ring (bicyclic) bond motifs is 1. The Morgan fingerprint density at radius 2 is 1.58 bits per heavy atom. The maximum Gasteiger partial charge on any atom is 0.0694 e. The van der Waals surface area contributed by atoms with Crippen molar-refractivity contribution in [2.45, 2.75) is 6.61 Å². The molecule has 3 aromatic carbocycles. The van der Waals surface area contributed by atoms with Crippen LogP contribution in [0.3, 0.4) is 0 Å². The molecule has 0 spiro atoms. The molecular formula is C17H15NO. The number of rotatable bonds is 2. The van der Waals surface area contributed by atoms with Gasteiger partial charge in [0.2, 0.25) is 0 Å². The van der Waals surface area contributed by atoms with Crippen molar-refractivity contribution in [2.75, 3.05) is 5.73 Å². The minimum atomic E-state index is -0.0181. The van der Waals surface area contributed by atoms with Crippen molar-refractivity contribution in [3.63, 3.8) is 0 Å². The van der Waals surface area contributed by atoms with Crippen LogP contribution in [-0.2, 0) is 6.61 Å². The molecular weight excluding hydrogens is 234 g/mol. The van der Waals surface area contributed by atoms with E-state index in [4.69, 9.17) is 5.73 Å². The summed E-state index contributed by atoms with van der Waals surface area (Å²) in [7, 11) is 0. The standard InChI is InChI=1S/C17H15NO/c18-16-10-13-8-4-5-9-14(13)15(11-19)17(16)12-6-2-1-3-7-12/h1-10,19H,11,18H2. The van der Waals surface area contributed by atoms with Crippen LogP contribution in [0.25, 0.3) is 21.9 Å². The van der Waals surface area contributed by atoms with Gasteiger partial charge in [-0.15, -0.1) is 0 Å². The Labute approximate surface area is 112 Å². The van der Waals surface area contributed by atoms with E-state index in [-0.39, 0.29) is 6.61 Å². The number of aliphatic hydroxyl groups is 1. The fourth-order valence-electron chi connectivity index (χ4n) is 2.56. The Morgan fingerprint density at radius 1 is 0.895 bits per heavy atom. The summed E-state index contributed by atoms with van der Waals surface area (Å²) < 4.78 is 0. The van der Waals surface area contributed by atoms with Crippen LogP contribution >= 0.6 is 0 Å². The summed E-state index contributed by atoms with van der Waals surface area (Å²) in [4.78, 5) is 0. The number of aliphatic hydroxyl groups excluding tert-OH is 1. The topological polar surface area (TPSA) is 46.2 Å². The van der Waals surface area contributed by atoms with E-state index in [1.807, 2.05) is 60.7 Å². The molecule has 3 aromatic rings. The van der Waals surface area contributed by atoms with Gasteiger partial charge in [-0.25, -0.2) is 0 Å². The number of hydrogen-bond donors (Lipinski definition) is 2. The molecule has 3 rings (SSSR count). The second-order valence-corrected chi connectivity index (χ2v) is 4.56. The van der Waals surface area contributed by atoms with Gasteiger partial charge in [0.05, 0.1) is 6.61 Å². The molecule has 94 valence electrons. The molecule has 19 heavy (non-hydrogen) atoms. The first-order valence-electron chi connectivity index (χ1n) is 6.27. The fourth-order valence-corrected chi connectivity index (χ4v) is 2.56. The van der Waals surface area contributed by atoms with Crippen molar-refractivity contribution >= 4 is 16.5 Å². The molecule has 0 bridgehead atoms. The van der Waals surface area contributed by atoms with Crippen LogP contribution in [0, 0.1) is 0 Å². The van der Waals surface area contributed by atoms with Gasteiger partial charge in [0.25, 0.3) is 0 Å². The second kappa shape index (κ2) is 4.75. The average Bonchev–Trinajstić information content (AvgIpc) is 2.46. The molecule has 0 saturated carbocycles. The first-order valence-corrected chi connectivity index (χ1v) is 6.27. The van der Waals surface area contributed by atoms with Crippen molar-refractivity contribution in [3.05, 3.63) is 66.2 Å². The van der Waals surface area contributed by atoms with Crippen LogP contribution in [0.1, 0.15) is 5.56 Å². The summed E-state index contributed by atoms with van der Waals surface area (Å²) in [5.41, 5.74) is 9.75. The third-order valence-corrected chi connectivity index (χ3v) is 3.41. The molecule has 0 aliphatic rings. The van der Waals surface area contributed by atoms with Crippen molar-refractivity contribution in [1.29, 1.82) is 0 Å². The first kappa shape index (κ1) is 11.8. The van der Waals surface area contributed by atoms with Gasteiger partial charge in [-0.1, -0.05) is 54.6 Å². The van der Waals surface area contributed by atoms with Gasteiger partial charge in [0, 0.05) is 11.3 Å². The molecule has 0 radical (unpaired) electrons. The molecule has 3 N–H and O–H groups in total. The Morgan fingerprint density at radius 3 is 2.32 bits per heavy atom. The first-order chi connectivity index (χ1) is 9.31. The Balaban J connectivity index is 2.38. The third-order valence-electron chi connectivity index (χ3n) is 3.41. The quantitative estimate of drug-likeness (QED) is 0.682. The molecule has 0 aliphatic heterocycles. The SMILES string of the molecule is Nc1cc2ccccc2c(CO)c1-c1ccccc1. The molecule has 0 heterocycles. The highest BCUT2D eigenvalue weighted by Crippen LogP contribution is 2.35. The maximum atomic E-state index is 9.75. The van der Waals surface area contributed by atoms with Crippen molar-refractivity contribution in [3.8, 4) is 11.1 Å². The third kappa shape index (κ3) is 1.96. The van der Waals surface area contributed by atoms with E-state index in [0.29, 0.717) is 5.69 Å². The highest BCUT2D eigenvalue weighted by atomic mass is 16.3. The summed E-state index contributed by atoms with van der Waals surface area (Å²) >= 11 is 0. The van der Waals surface area contributed by atoms with Crippen molar-refractivity contribution < 1.29 is 5.11 Å². The van der Waals surface area contributed by atoms with E-state index in [2.05, 4.69) is 0 Å². The molecule has 0 aliphatic carbocycles. The van der Waals surface area contributed by atoms with E-state index < -0.39 is 0 Å². The lowest BCUT2D eigenvalue weighted by Gasteiger charge is -2.14. The van der Waals surface area contributed by atoms with Crippen LogP contribution in [0.15, 0.2) is 60.7 Å². The van der Waals surface area contributed by atoms with E-state index in [9.17, 15) is 5.11 Å². The predicted molar refractivity (Wildman–Crippen MR) is 79.7 cm³/mol. The zero-order chi connectivity index (χ0) is 13.2. The minimum absolute atomic E-state index is 0.0181. The molecule has 0 fully saturated rings. The number of nitrogen functional groups attached to an aromatic ring is 1. The summed E-state index contributed by atoms with van der Waals surface area (Å²) in [5, 5.41) is 11.9. The van der Waals surface area contributed by atoms with Crippen LogP contribution in [0.2, 0.25) is 0 Å². The van der Waals surface area contributed by atoms with Gasteiger partial charge in [-0.2, -0.15) is 0 Å². The number of anilines is 1. The molecule has 0 atom stereocenters. The highest BCUT2D eigenvalue weighted by molar-refractivity contribution is 5.97.